The molecule has 5 aliphatic carbocycles. The van der Waals surface area contributed by atoms with Crippen molar-refractivity contribution < 1.29 is 4.42 Å². The van der Waals surface area contributed by atoms with Gasteiger partial charge in [0.25, 0.3) is 6.71 Å². The van der Waals surface area contributed by atoms with Gasteiger partial charge in [-0.25, -0.2) is 0 Å². The van der Waals surface area contributed by atoms with Crippen molar-refractivity contribution in [3.63, 3.8) is 0 Å². The molecule has 4 bridgehead atoms. The van der Waals surface area contributed by atoms with E-state index in [1.54, 1.807) is 16.7 Å². The number of furan rings is 1. The Labute approximate surface area is 446 Å². The van der Waals surface area contributed by atoms with Crippen molar-refractivity contribution in [1.29, 1.82) is 0 Å². The molecular weight excluding hydrogens is 910 g/mol. The van der Waals surface area contributed by atoms with Crippen molar-refractivity contribution in [3.8, 4) is 0 Å². The number of hydrogen-bond donors (Lipinski definition) is 0. The van der Waals surface area contributed by atoms with Crippen molar-refractivity contribution in [2.75, 3.05) is 14.7 Å². The number of fused-ring (bicyclic) bond motifs is 17. The summed E-state index contributed by atoms with van der Waals surface area (Å²) in [5, 5.41) is 1.28. The van der Waals surface area contributed by atoms with E-state index in [1.165, 1.54) is 112 Å². The highest BCUT2D eigenvalue weighted by Crippen LogP contribution is 2.63. The molecule has 0 N–H and O–H groups in total. The average Bonchev–Trinajstić information content (AvgIpc) is 4.14. The van der Waals surface area contributed by atoms with Gasteiger partial charge in [0.2, 0.25) is 5.88 Å². The third kappa shape index (κ3) is 6.25. The standard InChI is InChI=1S/C70H72BN3O/c1-64(2,3)43-22-24-46(25-23-43)73-57-39-54-53(68(9)31-32-69(54,10)42-68)38-56(57)71-61-49-37-52-55(70(11)33-30-67(52,8)41-70)40-60(49)75-63(61)74(47-26-27-50-51(34-47)66(6,7)29-28-65(50,4)5)59-36-48(35-58(73)62(59)71)72(44-18-14-12-15-19-44)45-20-16-13-17-21-45/h12-27,34-40H,28-33,41-42H2,1-11H3. The minimum absolute atomic E-state index is 0.0149. The van der Waals surface area contributed by atoms with E-state index in [2.05, 4.69) is 230 Å². The van der Waals surface area contributed by atoms with Crippen molar-refractivity contribution in [1.82, 2.24) is 0 Å². The molecule has 2 saturated carbocycles. The van der Waals surface area contributed by atoms with Crippen LogP contribution in [0.2, 0.25) is 0 Å². The molecule has 0 radical (unpaired) electrons. The number of benzene rings is 7. The summed E-state index contributed by atoms with van der Waals surface area (Å²) in [5.41, 5.74) is 25.6. The molecule has 8 aromatic rings. The molecule has 1 aromatic heterocycles. The van der Waals surface area contributed by atoms with E-state index in [0.29, 0.717) is 0 Å². The number of rotatable bonds is 5. The fourth-order valence-electron chi connectivity index (χ4n) is 16.8. The van der Waals surface area contributed by atoms with E-state index in [9.17, 15) is 0 Å². The summed E-state index contributed by atoms with van der Waals surface area (Å²) in [6.45, 7) is 26.9. The van der Waals surface area contributed by atoms with Crippen LogP contribution in [0.15, 0.2) is 144 Å². The van der Waals surface area contributed by atoms with Crippen molar-refractivity contribution in [2.24, 2.45) is 0 Å². The zero-order valence-corrected chi connectivity index (χ0v) is 46.3. The van der Waals surface area contributed by atoms with E-state index in [1.807, 2.05) is 0 Å². The first-order valence-electron chi connectivity index (χ1n) is 28.4. The molecule has 7 aromatic carbocycles. The largest absolute Gasteiger partial charge is 0.440 e. The van der Waals surface area contributed by atoms with E-state index in [-0.39, 0.29) is 44.6 Å². The molecule has 2 fully saturated rings. The van der Waals surface area contributed by atoms with Crippen LogP contribution in [0.25, 0.3) is 11.0 Å². The van der Waals surface area contributed by atoms with Gasteiger partial charge in [0.05, 0.1) is 5.69 Å². The Morgan fingerprint density at radius 1 is 0.453 bits per heavy atom. The maximum atomic E-state index is 7.78. The Balaban J connectivity index is 1.10. The molecule has 3 heterocycles. The Kier molecular flexibility index (Phi) is 9.01. The van der Waals surface area contributed by atoms with Gasteiger partial charge in [-0.05, 0) is 218 Å². The first-order chi connectivity index (χ1) is 35.7. The molecule has 4 nitrogen and oxygen atoms in total. The van der Waals surface area contributed by atoms with Crippen LogP contribution >= 0.6 is 0 Å². The number of nitrogens with zero attached hydrogens (tertiary/aromatic N) is 3. The Morgan fingerprint density at radius 2 is 0.973 bits per heavy atom. The lowest BCUT2D eigenvalue weighted by Gasteiger charge is -2.45. The summed E-state index contributed by atoms with van der Waals surface area (Å²) in [6, 6.07) is 54.6. The van der Waals surface area contributed by atoms with Gasteiger partial charge in [-0.1, -0.05) is 137 Å². The van der Waals surface area contributed by atoms with Crippen molar-refractivity contribution >= 4 is 85.5 Å². The van der Waals surface area contributed by atoms with Gasteiger partial charge in [-0.3, -0.25) is 4.90 Å². The molecule has 4 unspecified atom stereocenters. The van der Waals surface area contributed by atoms with Crippen LogP contribution < -0.4 is 31.1 Å². The lowest BCUT2D eigenvalue weighted by atomic mass is 9.33. The van der Waals surface area contributed by atoms with Crippen LogP contribution in [0.4, 0.5) is 51.4 Å². The molecule has 7 aliphatic rings. The predicted molar refractivity (Wildman–Crippen MR) is 316 cm³/mol. The highest BCUT2D eigenvalue weighted by molar-refractivity contribution is 7.01. The van der Waals surface area contributed by atoms with E-state index < -0.39 is 0 Å². The van der Waals surface area contributed by atoms with Crippen molar-refractivity contribution in [2.45, 2.75) is 165 Å². The third-order valence-corrected chi connectivity index (χ3v) is 20.9. The van der Waals surface area contributed by atoms with Crippen LogP contribution in [0.1, 0.15) is 166 Å². The zero-order chi connectivity index (χ0) is 51.6. The van der Waals surface area contributed by atoms with Gasteiger partial charge in [0, 0.05) is 50.7 Å². The van der Waals surface area contributed by atoms with Gasteiger partial charge in [-0.15, -0.1) is 0 Å². The third-order valence-electron chi connectivity index (χ3n) is 20.9. The molecule has 0 amide bonds. The Hall–Kier alpha value is -6.46. The lowest BCUT2D eigenvalue weighted by molar-refractivity contribution is 0.332. The second-order valence-corrected chi connectivity index (χ2v) is 28.1. The molecule has 0 spiro atoms. The Bertz CT molecular complexity index is 3710. The summed E-state index contributed by atoms with van der Waals surface area (Å²) >= 11 is 0. The summed E-state index contributed by atoms with van der Waals surface area (Å²) in [6.07, 6.45) is 9.68. The molecule has 4 atom stereocenters. The maximum absolute atomic E-state index is 7.78. The van der Waals surface area contributed by atoms with Gasteiger partial charge < -0.3 is 14.2 Å². The molecule has 15 rings (SSSR count). The van der Waals surface area contributed by atoms with Crippen LogP contribution in [-0.2, 0) is 37.9 Å². The minimum Gasteiger partial charge on any atom is -0.440 e. The van der Waals surface area contributed by atoms with Crippen LogP contribution in [0.5, 0.6) is 0 Å². The van der Waals surface area contributed by atoms with Crippen LogP contribution in [0.3, 0.4) is 0 Å². The highest BCUT2D eigenvalue weighted by atomic mass is 16.4. The van der Waals surface area contributed by atoms with Crippen LogP contribution in [-0.4, -0.2) is 6.71 Å². The second-order valence-electron chi connectivity index (χ2n) is 28.1. The zero-order valence-electron chi connectivity index (χ0n) is 46.3. The summed E-state index contributed by atoms with van der Waals surface area (Å²) in [7, 11) is 0. The van der Waals surface area contributed by atoms with Gasteiger partial charge in [0.15, 0.2) is 0 Å². The molecule has 376 valence electrons. The fraction of sp³-hybridized carbons (Fsp3) is 0.371. The molecule has 2 aliphatic heterocycles. The fourth-order valence-corrected chi connectivity index (χ4v) is 16.8. The normalized spacial score (nSPS) is 25.7. The number of anilines is 9. The van der Waals surface area contributed by atoms with E-state index >= 15 is 0 Å². The van der Waals surface area contributed by atoms with E-state index in [0.717, 1.165) is 40.6 Å². The minimum atomic E-state index is -0.0765. The molecule has 5 heteroatoms. The molecule has 0 saturated heterocycles. The topological polar surface area (TPSA) is 22.9 Å². The quantitative estimate of drug-likeness (QED) is 0.160. The van der Waals surface area contributed by atoms with Gasteiger partial charge in [0.1, 0.15) is 5.58 Å². The van der Waals surface area contributed by atoms with Crippen molar-refractivity contribution in [3.05, 3.63) is 178 Å². The average molecular weight is 982 g/mol. The predicted octanol–water partition coefficient (Wildman–Crippen LogP) is 17.1. The summed E-state index contributed by atoms with van der Waals surface area (Å²) < 4.78 is 7.78. The number of para-hydroxylation sites is 2. The molecule has 75 heavy (non-hydrogen) atoms. The second kappa shape index (κ2) is 14.7. The summed E-state index contributed by atoms with van der Waals surface area (Å²) in [5.74, 6) is 0.963. The highest BCUT2D eigenvalue weighted by Gasteiger charge is 2.57. The summed E-state index contributed by atoms with van der Waals surface area (Å²) in [4.78, 5) is 7.72. The SMILES string of the molecule is CC(C)(C)c1ccc(N2c3cc4c(cc3B3c5c2cc(N(c2ccccc2)c2ccccc2)cc5N(c2ccc5c(c2)C(C)(C)CCC5(C)C)c2oc5cc6c(cc5c23)C2(C)CCC6(C)C2)C2(C)CCC4(C)C2)cc1. The van der Waals surface area contributed by atoms with E-state index in [4.69, 9.17) is 4.42 Å². The van der Waals surface area contributed by atoms with Gasteiger partial charge >= 0.3 is 0 Å². The maximum Gasteiger partial charge on any atom is 0.257 e. The smallest absolute Gasteiger partial charge is 0.257 e. The molecular formula is C70H72BN3O. The Morgan fingerprint density at radius 3 is 1.56 bits per heavy atom. The first-order valence-corrected chi connectivity index (χ1v) is 28.4. The first kappa shape index (κ1) is 45.9. The lowest BCUT2D eigenvalue weighted by Crippen LogP contribution is -2.61. The van der Waals surface area contributed by atoms with Gasteiger partial charge in [-0.2, -0.15) is 0 Å². The number of hydrogen-bond acceptors (Lipinski definition) is 4. The monoisotopic (exact) mass is 982 g/mol. The van der Waals surface area contributed by atoms with Crippen LogP contribution in [0, 0.1) is 0 Å².